The lowest BCUT2D eigenvalue weighted by atomic mass is 9.70. The summed E-state index contributed by atoms with van der Waals surface area (Å²) < 4.78 is 0. The zero-order valence-corrected chi connectivity index (χ0v) is 20.2. The summed E-state index contributed by atoms with van der Waals surface area (Å²) in [7, 11) is 0. The minimum Gasteiger partial charge on any atom is -0.478 e. The highest BCUT2D eigenvalue weighted by atomic mass is 16.4. The molecule has 0 saturated carbocycles. The van der Waals surface area contributed by atoms with Crippen LogP contribution in [0.1, 0.15) is 56.9 Å². The predicted octanol–water partition coefficient (Wildman–Crippen LogP) is 5.82. The van der Waals surface area contributed by atoms with E-state index in [9.17, 15) is 9.59 Å². The van der Waals surface area contributed by atoms with Gasteiger partial charge in [0.05, 0.1) is 5.69 Å². The Balaban J connectivity index is 0.000000152. The van der Waals surface area contributed by atoms with Gasteiger partial charge in [0, 0.05) is 23.4 Å². The lowest BCUT2D eigenvalue weighted by Crippen LogP contribution is -2.23. The fraction of sp³-hybridized carbons (Fsp3) is 0.200. The highest BCUT2D eigenvalue weighted by Gasteiger charge is 2.30. The van der Waals surface area contributed by atoms with Gasteiger partial charge >= 0.3 is 11.9 Å². The zero-order valence-electron chi connectivity index (χ0n) is 20.2. The Labute approximate surface area is 209 Å². The van der Waals surface area contributed by atoms with Crippen molar-refractivity contribution in [3.05, 3.63) is 107 Å². The van der Waals surface area contributed by atoms with Crippen LogP contribution in [0.3, 0.4) is 0 Å². The van der Waals surface area contributed by atoms with Crippen LogP contribution < -0.4 is 0 Å². The first-order chi connectivity index (χ1) is 17.3. The normalized spacial score (nSPS) is 14.6. The van der Waals surface area contributed by atoms with Crippen molar-refractivity contribution >= 4 is 11.9 Å². The second-order valence-corrected chi connectivity index (χ2v) is 9.67. The van der Waals surface area contributed by atoms with Crippen LogP contribution in [0.5, 0.6) is 0 Å². The molecule has 180 valence electrons. The number of rotatable bonds is 2. The summed E-state index contributed by atoms with van der Waals surface area (Å²) in [5.74, 6) is -2.38. The lowest BCUT2D eigenvalue weighted by molar-refractivity contribution is 0.0680. The number of carboxylic acid groups (broad SMARTS) is 2. The summed E-state index contributed by atoms with van der Waals surface area (Å²) in [5, 5.41) is 17.7. The van der Waals surface area contributed by atoms with Crippen LogP contribution in [0.15, 0.2) is 73.1 Å². The summed E-state index contributed by atoms with van der Waals surface area (Å²) in [6.45, 7) is 4.70. The Morgan fingerprint density at radius 1 is 0.917 bits per heavy atom. The number of carbonyl (C=O) groups is 2. The summed E-state index contributed by atoms with van der Waals surface area (Å²) in [4.78, 5) is 29.1. The number of hydrogen-bond donors (Lipinski definition) is 2. The quantitative estimate of drug-likeness (QED) is 0.352. The van der Waals surface area contributed by atoms with Crippen molar-refractivity contribution in [3.63, 3.8) is 0 Å². The molecule has 2 aliphatic carbocycles. The maximum atomic E-state index is 10.9. The molecule has 2 N–H and O–H groups in total. The average molecular weight is 479 g/mol. The van der Waals surface area contributed by atoms with Gasteiger partial charge in [-0.25, -0.2) is 14.6 Å². The third kappa shape index (κ3) is 4.15. The van der Waals surface area contributed by atoms with Gasteiger partial charge in [0.2, 0.25) is 0 Å². The van der Waals surface area contributed by atoms with Gasteiger partial charge in [-0.2, -0.15) is 0 Å². The topological polar surface area (TPSA) is 100 Å². The molecule has 0 spiro atoms. The molecule has 0 fully saturated rings. The summed E-state index contributed by atoms with van der Waals surface area (Å²) in [6, 6.07) is 16.4. The van der Waals surface area contributed by atoms with Crippen LogP contribution in [-0.4, -0.2) is 32.1 Å². The number of nitrogens with zero attached hydrogens (tertiary/aromatic N) is 2. The minimum absolute atomic E-state index is 0.118. The van der Waals surface area contributed by atoms with Crippen molar-refractivity contribution in [2.24, 2.45) is 0 Å². The molecular formula is C30H26N2O4. The molecule has 6 heteroatoms. The highest BCUT2D eigenvalue weighted by molar-refractivity contribution is 5.97. The zero-order chi connectivity index (χ0) is 25.4. The molecule has 4 aliphatic rings. The molecule has 2 aromatic rings. The van der Waals surface area contributed by atoms with E-state index < -0.39 is 11.9 Å². The Hall–Kier alpha value is -4.32. The van der Waals surface area contributed by atoms with E-state index >= 15 is 0 Å². The number of aromatic carboxylic acids is 2. The van der Waals surface area contributed by atoms with Crippen molar-refractivity contribution in [1.29, 1.82) is 0 Å². The summed E-state index contributed by atoms with van der Waals surface area (Å²) >= 11 is 0. The first-order valence-corrected chi connectivity index (χ1v) is 11.9. The van der Waals surface area contributed by atoms with E-state index in [0.29, 0.717) is 5.56 Å². The number of aryl methyl sites for hydroxylation is 1. The Morgan fingerprint density at radius 3 is 2.50 bits per heavy atom. The van der Waals surface area contributed by atoms with Gasteiger partial charge in [-0.3, -0.25) is 4.98 Å². The highest BCUT2D eigenvalue weighted by Crippen LogP contribution is 2.43. The van der Waals surface area contributed by atoms with Crippen LogP contribution in [0.2, 0.25) is 0 Å². The molecule has 0 aromatic heterocycles. The van der Waals surface area contributed by atoms with Crippen molar-refractivity contribution in [1.82, 2.24) is 9.97 Å². The largest absolute Gasteiger partial charge is 0.478 e. The smallest absolute Gasteiger partial charge is 0.354 e. The molecule has 36 heavy (non-hydrogen) atoms. The van der Waals surface area contributed by atoms with Crippen LogP contribution in [-0.2, 0) is 24.7 Å². The molecular weight excluding hydrogens is 452 g/mol. The van der Waals surface area contributed by atoms with Gasteiger partial charge in [0.15, 0.2) is 0 Å². The SMILES string of the molecule is CC1(C)C=CCc2ccc3c(c21)CCc1ccccc1-3.O=C(O)c1cc2ccncc(C(=O)O)c-2n1. The molecule has 6 nitrogen and oxygen atoms in total. The minimum atomic E-state index is -1.19. The summed E-state index contributed by atoms with van der Waals surface area (Å²) in [5.41, 5.74) is 9.56. The second kappa shape index (κ2) is 9.04. The Bertz CT molecular complexity index is 1500. The first-order valence-electron chi connectivity index (χ1n) is 11.9. The van der Waals surface area contributed by atoms with E-state index in [1.54, 1.807) is 11.1 Å². The average Bonchev–Trinajstić information content (AvgIpc) is 3.17. The van der Waals surface area contributed by atoms with E-state index in [1.165, 1.54) is 53.4 Å². The number of benzene rings is 2. The third-order valence-electron chi connectivity index (χ3n) is 6.91. The van der Waals surface area contributed by atoms with Crippen molar-refractivity contribution in [2.45, 2.75) is 38.5 Å². The van der Waals surface area contributed by atoms with Gasteiger partial charge in [-0.15, -0.1) is 0 Å². The van der Waals surface area contributed by atoms with Gasteiger partial charge < -0.3 is 10.2 Å². The van der Waals surface area contributed by atoms with Gasteiger partial charge in [0.25, 0.3) is 0 Å². The maximum Gasteiger partial charge on any atom is 0.354 e. The van der Waals surface area contributed by atoms with Gasteiger partial charge in [-0.1, -0.05) is 62.4 Å². The van der Waals surface area contributed by atoms with Gasteiger partial charge in [-0.05, 0) is 64.8 Å². The number of hydrogen-bond acceptors (Lipinski definition) is 4. The standard InChI is InChI=1S/C20H20.C10H6N2O4/c1-20(2)13-5-7-15-10-11-17-16-8-4-3-6-14(16)9-12-18(17)19(15)20;13-9(14)6-4-11-2-1-5-3-7(10(15)16)12-8(5)6/h3-6,8,10-11,13H,7,9,12H2,1-2H3;1-4H,(H,13,14)(H,15,16). The molecule has 2 aromatic carbocycles. The molecule has 6 rings (SSSR count). The first kappa shape index (κ1) is 23.4. The van der Waals surface area contributed by atoms with Crippen molar-refractivity contribution < 1.29 is 19.8 Å². The lowest BCUT2D eigenvalue weighted by Gasteiger charge is -2.34. The number of aromatic nitrogens is 2. The molecule has 0 atom stereocenters. The molecule has 0 bridgehead atoms. The van der Waals surface area contributed by atoms with E-state index in [1.807, 2.05) is 0 Å². The molecule has 2 aliphatic heterocycles. The predicted molar refractivity (Wildman–Crippen MR) is 138 cm³/mol. The summed E-state index contributed by atoms with van der Waals surface area (Å²) in [6.07, 6.45) is 10.7. The fourth-order valence-corrected chi connectivity index (χ4v) is 5.35. The fourth-order valence-electron chi connectivity index (χ4n) is 5.35. The third-order valence-corrected chi connectivity index (χ3v) is 6.91. The van der Waals surface area contributed by atoms with Crippen molar-refractivity contribution in [3.8, 4) is 22.4 Å². The molecule has 0 unspecified atom stereocenters. The number of allylic oxidation sites excluding steroid dienone is 2. The Kier molecular flexibility index (Phi) is 5.88. The van der Waals surface area contributed by atoms with Crippen LogP contribution in [0.25, 0.3) is 22.4 Å². The maximum absolute atomic E-state index is 10.9. The molecule has 2 heterocycles. The van der Waals surface area contributed by atoms with E-state index in [4.69, 9.17) is 10.2 Å². The van der Waals surface area contributed by atoms with E-state index in [-0.39, 0.29) is 22.4 Å². The number of fused-ring (bicyclic) bond motifs is 6. The molecule has 0 amide bonds. The molecule has 0 saturated heterocycles. The van der Waals surface area contributed by atoms with Gasteiger partial charge in [0.1, 0.15) is 11.3 Å². The van der Waals surface area contributed by atoms with Crippen LogP contribution in [0, 0.1) is 0 Å². The second-order valence-electron chi connectivity index (χ2n) is 9.67. The Morgan fingerprint density at radius 2 is 1.72 bits per heavy atom. The number of carboxylic acids is 2. The van der Waals surface area contributed by atoms with Crippen molar-refractivity contribution in [2.75, 3.05) is 0 Å². The van der Waals surface area contributed by atoms with E-state index in [2.05, 4.69) is 72.4 Å². The van der Waals surface area contributed by atoms with Crippen LogP contribution >= 0.6 is 0 Å². The molecule has 0 radical (unpaired) electrons. The van der Waals surface area contributed by atoms with Crippen LogP contribution in [0.4, 0.5) is 0 Å². The monoisotopic (exact) mass is 478 g/mol. The van der Waals surface area contributed by atoms with E-state index in [0.717, 1.165) is 12.6 Å².